The number of primary amides is 2. The van der Waals surface area contributed by atoms with Crippen molar-refractivity contribution in [2.75, 3.05) is 26.3 Å². The molecule has 0 aromatic heterocycles. The van der Waals surface area contributed by atoms with Crippen molar-refractivity contribution in [3.8, 4) is 0 Å². The molecule has 1 aromatic rings. The van der Waals surface area contributed by atoms with Crippen LogP contribution in [0.15, 0.2) is 30.3 Å². The van der Waals surface area contributed by atoms with Crippen LogP contribution in [-0.4, -0.2) is 73.1 Å². The maximum Gasteiger partial charge on any atom is 0.410 e. The van der Waals surface area contributed by atoms with E-state index in [1.54, 1.807) is 13.8 Å². The lowest BCUT2D eigenvalue weighted by atomic mass is 9.90. The molecule has 12 nitrogen and oxygen atoms in total. The van der Waals surface area contributed by atoms with E-state index in [0.29, 0.717) is 32.4 Å². The number of nitrogens with zero attached hydrogens (tertiary/aromatic N) is 1. The second-order valence-corrected chi connectivity index (χ2v) is 9.01. The second-order valence-electron chi connectivity index (χ2n) is 9.01. The van der Waals surface area contributed by atoms with E-state index in [-0.39, 0.29) is 56.4 Å². The summed E-state index contributed by atoms with van der Waals surface area (Å²) in [5, 5.41) is 2.96. The Bertz CT molecular complexity index is 965. The molecule has 3 rings (SSSR count). The number of ether oxygens (including phenoxy) is 3. The van der Waals surface area contributed by atoms with Gasteiger partial charge in [-0.2, -0.15) is 0 Å². The Labute approximate surface area is 234 Å². The van der Waals surface area contributed by atoms with Crippen LogP contribution in [0.4, 0.5) is 4.79 Å². The minimum absolute atomic E-state index is 0. The Morgan fingerprint density at radius 3 is 2.00 bits per heavy atom. The van der Waals surface area contributed by atoms with Crippen LogP contribution in [0.1, 0.15) is 45.1 Å². The average Bonchev–Trinajstić information content (AvgIpc) is 2.92. The molecule has 5 N–H and O–H groups in total. The Hall–Kier alpha value is -3.38. The molecule has 0 radical (unpaired) electrons. The van der Waals surface area contributed by atoms with Gasteiger partial charge in [0.1, 0.15) is 12.6 Å². The molecule has 0 spiro atoms. The summed E-state index contributed by atoms with van der Waals surface area (Å²) in [5.74, 6) is -2.25. The van der Waals surface area contributed by atoms with Gasteiger partial charge < -0.3 is 31.0 Å². The lowest BCUT2D eigenvalue weighted by molar-refractivity contribution is -0.151. The summed E-state index contributed by atoms with van der Waals surface area (Å²) in [6.07, 6.45) is 1.14. The predicted octanol–water partition coefficient (Wildman–Crippen LogP) is 1.28. The van der Waals surface area contributed by atoms with Crippen LogP contribution in [0.25, 0.3) is 0 Å². The summed E-state index contributed by atoms with van der Waals surface area (Å²) in [7, 11) is 0. The van der Waals surface area contributed by atoms with Crippen molar-refractivity contribution < 1.29 is 38.2 Å². The van der Waals surface area contributed by atoms with Gasteiger partial charge in [-0.3, -0.25) is 24.1 Å². The number of nitrogens with two attached hydrogens (primary N) is 2. The first kappa shape index (κ1) is 33.6. The van der Waals surface area contributed by atoms with Gasteiger partial charge in [0.05, 0.1) is 31.1 Å². The summed E-state index contributed by atoms with van der Waals surface area (Å²) >= 11 is 0. The van der Waals surface area contributed by atoms with E-state index in [2.05, 4.69) is 5.32 Å². The number of piperidine rings is 2. The number of benzene rings is 1. The first-order valence-electron chi connectivity index (χ1n) is 12.8. The number of carbonyl (C=O) groups excluding carboxylic acids is 5. The van der Waals surface area contributed by atoms with Crippen molar-refractivity contribution >= 4 is 42.3 Å². The van der Waals surface area contributed by atoms with Crippen LogP contribution in [-0.2, 0) is 40.0 Å². The fourth-order valence-electron chi connectivity index (χ4n) is 4.34. The van der Waals surface area contributed by atoms with Crippen molar-refractivity contribution in [3.05, 3.63) is 35.9 Å². The Morgan fingerprint density at radius 2 is 1.46 bits per heavy atom. The second kappa shape index (κ2) is 17.3. The fourth-order valence-corrected chi connectivity index (χ4v) is 4.34. The first-order valence-corrected chi connectivity index (χ1v) is 12.8. The van der Waals surface area contributed by atoms with Crippen LogP contribution in [0.3, 0.4) is 0 Å². The molecule has 2 saturated heterocycles. The number of carbonyl (C=O) groups is 5. The van der Waals surface area contributed by atoms with Gasteiger partial charge in [-0.15, -0.1) is 12.4 Å². The topological polar surface area (TPSA) is 180 Å². The molecule has 2 heterocycles. The zero-order chi connectivity index (χ0) is 28.1. The summed E-state index contributed by atoms with van der Waals surface area (Å²) in [4.78, 5) is 59.3. The van der Waals surface area contributed by atoms with E-state index in [1.165, 1.54) is 4.90 Å². The molecular weight excluding hydrogens is 532 g/mol. The van der Waals surface area contributed by atoms with Crippen molar-refractivity contribution in [2.24, 2.45) is 23.3 Å². The highest BCUT2D eigenvalue weighted by molar-refractivity contribution is 5.86. The van der Waals surface area contributed by atoms with Crippen LogP contribution in [0.5, 0.6) is 0 Å². The number of esters is 2. The van der Waals surface area contributed by atoms with Gasteiger partial charge in [-0.25, -0.2) is 4.79 Å². The number of hydrogen-bond acceptors (Lipinski definition) is 9. The van der Waals surface area contributed by atoms with Gasteiger partial charge in [0.15, 0.2) is 0 Å². The zero-order valence-corrected chi connectivity index (χ0v) is 23.2. The van der Waals surface area contributed by atoms with Crippen molar-refractivity contribution in [1.82, 2.24) is 10.2 Å². The van der Waals surface area contributed by atoms with Crippen LogP contribution in [0.2, 0.25) is 0 Å². The van der Waals surface area contributed by atoms with Crippen molar-refractivity contribution in [3.63, 3.8) is 0 Å². The highest BCUT2D eigenvalue weighted by atomic mass is 35.5. The minimum atomic E-state index is -0.864. The molecule has 0 saturated carbocycles. The lowest BCUT2D eigenvalue weighted by Gasteiger charge is -2.36. The van der Waals surface area contributed by atoms with Crippen molar-refractivity contribution in [2.45, 2.75) is 58.2 Å². The van der Waals surface area contributed by atoms with E-state index in [1.807, 2.05) is 30.3 Å². The van der Waals surface area contributed by atoms with Gasteiger partial charge in [0.2, 0.25) is 11.8 Å². The summed E-state index contributed by atoms with van der Waals surface area (Å²) in [6, 6.07) is 7.99. The molecule has 0 aliphatic carbocycles. The quantitative estimate of drug-likeness (QED) is 0.306. The maximum atomic E-state index is 12.3. The lowest BCUT2D eigenvalue weighted by Crippen LogP contribution is -2.53. The van der Waals surface area contributed by atoms with Gasteiger partial charge >= 0.3 is 18.0 Å². The number of halogens is 1. The zero-order valence-electron chi connectivity index (χ0n) is 22.3. The number of amides is 3. The molecule has 3 amide bonds. The molecule has 218 valence electrons. The molecule has 13 heteroatoms. The summed E-state index contributed by atoms with van der Waals surface area (Å²) in [6.45, 7) is 5.12. The molecular formula is C26H39ClN4O8. The number of rotatable bonds is 8. The summed E-state index contributed by atoms with van der Waals surface area (Å²) < 4.78 is 15.1. The minimum Gasteiger partial charge on any atom is -0.466 e. The summed E-state index contributed by atoms with van der Waals surface area (Å²) in [5.41, 5.74) is 11.4. The standard InChI is InChI=1S/C17H22N2O5.C9H16N2O3.ClH/c1-2-23-16(21)13-8-9-19(14(10-13)15(18)20)17(22)24-11-12-6-4-3-5-7-12;1-2-14-9(13)6-3-4-11-7(5-6)8(10)12;/h3-7,13-14H,2,8-11H2,1H3,(H2,18,20);6-7,11H,2-5H2,1H3,(H2,10,12);1H. The number of nitrogens with one attached hydrogen (secondary N) is 1. The average molecular weight is 571 g/mol. The molecule has 2 aliphatic heterocycles. The van der Waals surface area contributed by atoms with Crippen molar-refractivity contribution in [1.29, 1.82) is 0 Å². The highest BCUT2D eigenvalue weighted by Gasteiger charge is 2.39. The Kier molecular flexibility index (Phi) is 14.9. The van der Waals surface area contributed by atoms with Crippen LogP contribution >= 0.6 is 12.4 Å². The Balaban J connectivity index is 0.000000434. The molecule has 1 aromatic carbocycles. The molecule has 2 fully saturated rings. The first-order chi connectivity index (χ1) is 18.2. The van der Waals surface area contributed by atoms with E-state index in [4.69, 9.17) is 25.7 Å². The molecule has 39 heavy (non-hydrogen) atoms. The van der Waals surface area contributed by atoms with Gasteiger partial charge in [0, 0.05) is 6.54 Å². The SMILES string of the molecule is CCOC(=O)C1CCN(C(=O)OCc2ccccc2)C(C(N)=O)C1.CCOC(=O)C1CCNC(C(N)=O)C1.Cl. The Morgan fingerprint density at radius 1 is 0.872 bits per heavy atom. The van der Waals surface area contributed by atoms with Crippen LogP contribution < -0.4 is 16.8 Å². The largest absolute Gasteiger partial charge is 0.466 e. The maximum absolute atomic E-state index is 12.3. The normalized spacial score (nSPS) is 22.2. The van der Waals surface area contributed by atoms with Gasteiger partial charge in [-0.05, 0) is 51.6 Å². The number of hydrogen-bond donors (Lipinski definition) is 3. The molecule has 0 bridgehead atoms. The van der Waals surface area contributed by atoms with Crippen LogP contribution in [0, 0.1) is 11.8 Å². The fraction of sp³-hybridized carbons (Fsp3) is 0.577. The van der Waals surface area contributed by atoms with E-state index < -0.39 is 35.9 Å². The van der Waals surface area contributed by atoms with Gasteiger partial charge in [-0.1, -0.05) is 30.3 Å². The third kappa shape index (κ3) is 10.7. The predicted molar refractivity (Wildman–Crippen MR) is 143 cm³/mol. The van der Waals surface area contributed by atoms with E-state index in [9.17, 15) is 24.0 Å². The van der Waals surface area contributed by atoms with E-state index in [0.717, 1.165) is 5.56 Å². The molecule has 4 unspecified atom stereocenters. The third-order valence-electron chi connectivity index (χ3n) is 6.36. The monoisotopic (exact) mass is 570 g/mol. The smallest absolute Gasteiger partial charge is 0.410 e. The number of likely N-dealkylation sites (tertiary alicyclic amines) is 1. The third-order valence-corrected chi connectivity index (χ3v) is 6.36. The van der Waals surface area contributed by atoms with Gasteiger partial charge in [0.25, 0.3) is 0 Å². The van der Waals surface area contributed by atoms with E-state index >= 15 is 0 Å². The molecule has 4 atom stereocenters. The molecule has 2 aliphatic rings. The highest BCUT2D eigenvalue weighted by Crippen LogP contribution is 2.25.